The highest BCUT2D eigenvalue weighted by Crippen LogP contribution is 2.32. The molecule has 0 saturated carbocycles. The van der Waals surface area contributed by atoms with Crippen molar-refractivity contribution in [1.82, 2.24) is 14.2 Å². The van der Waals surface area contributed by atoms with Gasteiger partial charge in [-0.05, 0) is 42.5 Å². The summed E-state index contributed by atoms with van der Waals surface area (Å²) in [6.45, 7) is 5.56. The van der Waals surface area contributed by atoms with Crippen molar-refractivity contribution in [2.75, 3.05) is 33.3 Å². The maximum absolute atomic E-state index is 13.0. The minimum Gasteiger partial charge on any atom is -0.497 e. The summed E-state index contributed by atoms with van der Waals surface area (Å²) in [7, 11) is -1.90. The number of aromatic nitrogens is 1. The number of fused-ring (bicyclic) bond motifs is 1. The van der Waals surface area contributed by atoms with E-state index in [9.17, 15) is 13.2 Å². The molecular formula is C24H29N3O5S2. The van der Waals surface area contributed by atoms with Crippen LogP contribution in [0.15, 0.2) is 47.4 Å². The Bertz CT molecular complexity index is 1250. The summed E-state index contributed by atoms with van der Waals surface area (Å²) in [5, 5.41) is 0.623. The van der Waals surface area contributed by atoms with E-state index < -0.39 is 10.0 Å². The number of amides is 1. The topological polar surface area (TPSA) is 89.0 Å². The molecule has 1 aliphatic heterocycles. The summed E-state index contributed by atoms with van der Waals surface area (Å²) in [6.07, 6.45) is 1.41. The molecule has 0 unspecified atom stereocenters. The van der Waals surface area contributed by atoms with Crippen LogP contribution in [0.2, 0.25) is 0 Å². The average Bonchev–Trinajstić information content (AvgIpc) is 3.26. The number of carbonyl (C=O) groups is 1. The van der Waals surface area contributed by atoms with Crippen molar-refractivity contribution in [3.63, 3.8) is 0 Å². The molecule has 1 fully saturated rings. The molecule has 1 saturated heterocycles. The number of hydrogen-bond acceptors (Lipinski definition) is 7. The zero-order chi connectivity index (χ0) is 24.3. The van der Waals surface area contributed by atoms with Crippen molar-refractivity contribution in [3.05, 3.63) is 48.0 Å². The molecule has 0 aliphatic carbocycles. The first-order chi connectivity index (χ1) is 16.3. The molecule has 1 amide bonds. The highest BCUT2D eigenvalue weighted by Gasteiger charge is 2.27. The van der Waals surface area contributed by atoms with Gasteiger partial charge in [-0.1, -0.05) is 25.2 Å². The molecule has 3 aromatic rings. The van der Waals surface area contributed by atoms with Gasteiger partial charge in [0, 0.05) is 44.6 Å². The lowest BCUT2D eigenvalue weighted by atomic mass is 10.1. The van der Waals surface area contributed by atoms with Gasteiger partial charge in [0.1, 0.15) is 11.9 Å². The van der Waals surface area contributed by atoms with Gasteiger partial charge in [0.15, 0.2) is 0 Å². The Kier molecular flexibility index (Phi) is 7.39. The molecule has 2 heterocycles. The minimum atomic E-state index is -3.54. The second kappa shape index (κ2) is 10.3. The standard InChI is InChI=1S/C24H29N3O5S2/c1-4-27(5-2)34(29,30)20-9-6-17(7-10-20)23(28)26-14-12-18(13-15-26)32-24-25-21-11-8-19(31-3)16-22(21)33-24/h6-11,16,18H,4-5,12-15H2,1-3H3. The normalized spacial score (nSPS) is 15.1. The zero-order valence-corrected chi connectivity index (χ0v) is 21.2. The summed E-state index contributed by atoms with van der Waals surface area (Å²) < 4.78 is 39.1. The SMILES string of the molecule is CCN(CC)S(=O)(=O)c1ccc(C(=O)N2CCC(Oc3nc4ccc(OC)cc4s3)CC2)cc1. The highest BCUT2D eigenvalue weighted by molar-refractivity contribution is 7.89. The first-order valence-electron chi connectivity index (χ1n) is 11.4. The molecule has 0 atom stereocenters. The molecule has 0 bridgehead atoms. The minimum absolute atomic E-state index is 0.00639. The van der Waals surface area contributed by atoms with Gasteiger partial charge in [0.05, 0.1) is 22.2 Å². The molecule has 0 N–H and O–H groups in total. The summed E-state index contributed by atoms with van der Waals surface area (Å²) in [5.41, 5.74) is 1.36. The van der Waals surface area contributed by atoms with Gasteiger partial charge in [0.2, 0.25) is 10.0 Å². The lowest BCUT2D eigenvalue weighted by molar-refractivity contribution is 0.0595. The van der Waals surface area contributed by atoms with Crippen LogP contribution in [0, 0.1) is 0 Å². The third-order valence-corrected chi connectivity index (χ3v) is 8.99. The van der Waals surface area contributed by atoms with E-state index in [2.05, 4.69) is 4.98 Å². The Morgan fingerprint density at radius 1 is 1.12 bits per heavy atom. The fraction of sp³-hybridized carbons (Fsp3) is 0.417. The second-order valence-electron chi connectivity index (χ2n) is 8.04. The number of piperidine rings is 1. The lowest BCUT2D eigenvalue weighted by Crippen LogP contribution is -2.41. The first-order valence-corrected chi connectivity index (χ1v) is 13.6. The van der Waals surface area contributed by atoms with Gasteiger partial charge < -0.3 is 14.4 Å². The summed E-state index contributed by atoms with van der Waals surface area (Å²) in [6, 6.07) is 11.9. The molecule has 0 spiro atoms. The number of ether oxygens (including phenoxy) is 2. The number of benzene rings is 2. The fourth-order valence-corrected chi connectivity index (χ4v) is 6.41. The fourth-order valence-electron chi connectivity index (χ4n) is 4.05. The van der Waals surface area contributed by atoms with Crippen LogP contribution in [0.1, 0.15) is 37.0 Å². The van der Waals surface area contributed by atoms with Crippen LogP contribution in [-0.4, -0.2) is 67.9 Å². The third-order valence-electron chi connectivity index (χ3n) is 6.02. The van der Waals surface area contributed by atoms with Gasteiger partial charge in [-0.25, -0.2) is 13.4 Å². The Morgan fingerprint density at radius 3 is 2.41 bits per heavy atom. The maximum Gasteiger partial charge on any atom is 0.274 e. The summed E-state index contributed by atoms with van der Waals surface area (Å²) in [5.74, 6) is 0.686. The molecule has 4 rings (SSSR count). The highest BCUT2D eigenvalue weighted by atomic mass is 32.2. The molecule has 2 aromatic carbocycles. The van der Waals surface area contributed by atoms with Crippen LogP contribution >= 0.6 is 11.3 Å². The molecule has 10 heteroatoms. The number of rotatable bonds is 8. The van der Waals surface area contributed by atoms with E-state index in [1.165, 1.54) is 27.8 Å². The predicted octanol–water partition coefficient (Wildman–Crippen LogP) is 4.02. The van der Waals surface area contributed by atoms with Gasteiger partial charge in [0.25, 0.3) is 11.1 Å². The monoisotopic (exact) mass is 503 g/mol. The Labute approximate surface area is 204 Å². The summed E-state index contributed by atoms with van der Waals surface area (Å²) in [4.78, 5) is 19.5. The van der Waals surface area contributed by atoms with Crippen LogP contribution < -0.4 is 9.47 Å². The third kappa shape index (κ3) is 5.03. The summed E-state index contributed by atoms with van der Waals surface area (Å²) >= 11 is 1.49. The van der Waals surface area contributed by atoms with Crippen LogP contribution in [0.5, 0.6) is 10.9 Å². The van der Waals surface area contributed by atoms with Crippen molar-refractivity contribution in [3.8, 4) is 10.9 Å². The molecular weight excluding hydrogens is 474 g/mol. The van der Waals surface area contributed by atoms with Gasteiger partial charge in [-0.3, -0.25) is 4.79 Å². The molecule has 1 aliphatic rings. The van der Waals surface area contributed by atoms with Crippen LogP contribution in [0.3, 0.4) is 0 Å². The number of thiazole rings is 1. The lowest BCUT2D eigenvalue weighted by Gasteiger charge is -2.31. The van der Waals surface area contributed by atoms with Gasteiger partial charge in [-0.2, -0.15) is 4.31 Å². The maximum atomic E-state index is 13.0. The predicted molar refractivity (Wildman–Crippen MR) is 132 cm³/mol. The second-order valence-corrected chi connectivity index (χ2v) is 11.0. The molecule has 182 valence electrons. The Balaban J connectivity index is 1.35. The Morgan fingerprint density at radius 2 is 1.79 bits per heavy atom. The number of methoxy groups -OCH3 is 1. The van der Waals surface area contributed by atoms with Crippen molar-refractivity contribution in [1.29, 1.82) is 0 Å². The Hall–Kier alpha value is -2.69. The van der Waals surface area contributed by atoms with Crippen LogP contribution in [0.25, 0.3) is 10.2 Å². The van der Waals surface area contributed by atoms with E-state index in [1.807, 2.05) is 18.2 Å². The molecule has 0 radical (unpaired) electrons. The van der Waals surface area contributed by atoms with E-state index in [0.29, 0.717) is 49.8 Å². The van der Waals surface area contributed by atoms with Crippen molar-refractivity contribution < 1.29 is 22.7 Å². The molecule has 34 heavy (non-hydrogen) atoms. The zero-order valence-electron chi connectivity index (χ0n) is 19.6. The smallest absolute Gasteiger partial charge is 0.274 e. The molecule has 8 nitrogen and oxygen atoms in total. The van der Waals surface area contributed by atoms with Crippen LogP contribution in [-0.2, 0) is 10.0 Å². The van der Waals surface area contributed by atoms with Gasteiger partial charge >= 0.3 is 0 Å². The van der Waals surface area contributed by atoms with E-state index in [0.717, 1.165) is 16.0 Å². The van der Waals surface area contributed by atoms with E-state index in [-0.39, 0.29) is 16.9 Å². The van der Waals surface area contributed by atoms with Crippen molar-refractivity contribution >= 4 is 37.5 Å². The van der Waals surface area contributed by atoms with E-state index in [4.69, 9.17) is 9.47 Å². The number of likely N-dealkylation sites (tertiary alicyclic amines) is 1. The average molecular weight is 504 g/mol. The first kappa shape index (κ1) is 24.4. The number of carbonyl (C=O) groups excluding carboxylic acids is 1. The number of sulfonamides is 1. The van der Waals surface area contributed by atoms with Gasteiger partial charge in [-0.15, -0.1) is 0 Å². The van der Waals surface area contributed by atoms with Crippen molar-refractivity contribution in [2.24, 2.45) is 0 Å². The number of nitrogens with zero attached hydrogens (tertiary/aromatic N) is 3. The number of hydrogen-bond donors (Lipinski definition) is 0. The van der Waals surface area contributed by atoms with E-state index in [1.54, 1.807) is 38.0 Å². The van der Waals surface area contributed by atoms with E-state index >= 15 is 0 Å². The largest absolute Gasteiger partial charge is 0.497 e. The quantitative estimate of drug-likeness (QED) is 0.461. The van der Waals surface area contributed by atoms with Crippen molar-refractivity contribution in [2.45, 2.75) is 37.7 Å². The van der Waals surface area contributed by atoms with Crippen LogP contribution in [0.4, 0.5) is 0 Å². The molecule has 1 aromatic heterocycles.